The van der Waals surface area contributed by atoms with Crippen LogP contribution in [0.3, 0.4) is 0 Å². The quantitative estimate of drug-likeness (QED) is 0.736. The fourth-order valence-corrected chi connectivity index (χ4v) is 2.38. The minimum atomic E-state index is -1.35. The number of rotatable bonds is 4. The molecule has 0 heterocycles. The molecular formula is C15H13NO6-2. The molecule has 0 aliphatic heterocycles. The second-order valence-corrected chi connectivity index (χ2v) is 4.98. The van der Waals surface area contributed by atoms with Crippen molar-refractivity contribution in [3.8, 4) is 5.75 Å². The number of hydrogen-bond donors (Lipinski definition) is 2. The largest absolute Gasteiger partial charge is 0.872 e. The molecule has 1 aromatic carbocycles. The lowest BCUT2D eigenvalue weighted by molar-refractivity contribution is -0.313. The summed E-state index contributed by atoms with van der Waals surface area (Å²) in [5.41, 5.74) is -0.266. The normalized spacial score (nSPS) is 20.4. The van der Waals surface area contributed by atoms with Crippen LogP contribution in [0.2, 0.25) is 0 Å². The Kier molecular flexibility index (Phi) is 4.45. The molecule has 7 nitrogen and oxygen atoms in total. The highest BCUT2D eigenvalue weighted by Crippen LogP contribution is 2.27. The molecule has 1 aliphatic rings. The topological polar surface area (TPSA) is 130 Å². The maximum Gasteiger partial charge on any atom is 0.335 e. The Morgan fingerprint density at radius 3 is 2.32 bits per heavy atom. The van der Waals surface area contributed by atoms with Gasteiger partial charge < -0.3 is 25.4 Å². The van der Waals surface area contributed by atoms with Gasteiger partial charge in [-0.1, -0.05) is 17.9 Å². The van der Waals surface area contributed by atoms with Crippen LogP contribution in [-0.2, 0) is 9.59 Å². The van der Waals surface area contributed by atoms with Gasteiger partial charge in [-0.25, -0.2) is 4.79 Å². The minimum absolute atomic E-state index is 0.131. The fourth-order valence-electron chi connectivity index (χ4n) is 2.38. The Bertz CT molecular complexity index is 651. The summed E-state index contributed by atoms with van der Waals surface area (Å²) >= 11 is 0. The van der Waals surface area contributed by atoms with Crippen molar-refractivity contribution in [1.82, 2.24) is 0 Å². The number of carbonyl (C=O) groups is 3. The van der Waals surface area contributed by atoms with Gasteiger partial charge in [0, 0.05) is 17.6 Å². The summed E-state index contributed by atoms with van der Waals surface area (Å²) in [6.07, 6.45) is 3.88. The number of nitrogens with one attached hydrogen (secondary N) is 1. The van der Waals surface area contributed by atoms with Crippen LogP contribution in [0.25, 0.3) is 0 Å². The number of amides is 1. The summed E-state index contributed by atoms with van der Waals surface area (Å²) in [5.74, 6) is -5.63. The van der Waals surface area contributed by atoms with E-state index in [4.69, 9.17) is 5.11 Å². The van der Waals surface area contributed by atoms with E-state index < -0.39 is 41.0 Å². The van der Waals surface area contributed by atoms with Crippen molar-refractivity contribution >= 4 is 23.5 Å². The van der Waals surface area contributed by atoms with Crippen LogP contribution in [-0.4, -0.2) is 23.0 Å². The molecule has 2 N–H and O–H groups in total. The summed E-state index contributed by atoms with van der Waals surface area (Å²) < 4.78 is 0. The number of carboxylic acids is 2. The Labute approximate surface area is 125 Å². The lowest BCUT2D eigenvalue weighted by Gasteiger charge is -2.28. The second kappa shape index (κ2) is 6.30. The lowest BCUT2D eigenvalue weighted by atomic mass is 9.82. The Morgan fingerprint density at radius 1 is 1.14 bits per heavy atom. The third-order valence-electron chi connectivity index (χ3n) is 3.55. The molecule has 0 unspecified atom stereocenters. The Morgan fingerprint density at radius 2 is 1.77 bits per heavy atom. The molecule has 0 saturated carbocycles. The molecule has 1 aliphatic carbocycles. The van der Waals surface area contributed by atoms with Gasteiger partial charge in [-0.2, -0.15) is 0 Å². The van der Waals surface area contributed by atoms with Gasteiger partial charge in [0.15, 0.2) is 0 Å². The Hall–Kier alpha value is -2.83. The van der Waals surface area contributed by atoms with Crippen molar-refractivity contribution in [1.29, 1.82) is 0 Å². The third kappa shape index (κ3) is 3.25. The second-order valence-electron chi connectivity index (χ2n) is 4.98. The molecule has 0 spiro atoms. The predicted molar refractivity (Wildman–Crippen MR) is 71.8 cm³/mol. The maximum atomic E-state index is 12.2. The standard InChI is InChI=1S/C15H15NO6/c17-12-7-8(5-6-11(12)15(21)22)16-13(18)9-3-1-2-4-10(9)14(19)20/h1-2,5-7,9-10,17H,3-4H2,(H,16,18)(H,19,20)(H,21,22)/p-2/t9-,10-/m1/s1. The third-order valence-corrected chi connectivity index (χ3v) is 3.55. The average molecular weight is 303 g/mol. The maximum absolute atomic E-state index is 12.2. The number of allylic oxidation sites excluding steroid dienone is 2. The molecule has 2 atom stereocenters. The molecule has 1 aromatic rings. The van der Waals surface area contributed by atoms with Crippen molar-refractivity contribution in [3.05, 3.63) is 35.9 Å². The number of aliphatic carboxylic acids is 1. The molecule has 0 bridgehead atoms. The number of aromatic carboxylic acids is 1. The first kappa shape index (κ1) is 15.6. The van der Waals surface area contributed by atoms with Gasteiger partial charge in [-0.3, -0.25) is 4.79 Å². The average Bonchev–Trinajstić information content (AvgIpc) is 2.46. The summed E-state index contributed by atoms with van der Waals surface area (Å²) in [6, 6.07) is 3.38. The molecule has 2 rings (SSSR count). The first-order valence-electron chi connectivity index (χ1n) is 6.61. The predicted octanol–water partition coefficient (Wildman–Crippen LogP) is -0.271. The number of carbonyl (C=O) groups excluding carboxylic acids is 2. The summed E-state index contributed by atoms with van der Waals surface area (Å²) in [7, 11) is 0. The highest BCUT2D eigenvalue weighted by molar-refractivity contribution is 5.97. The molecule has 0 saturated heterocycles. The van der Waals surface area contributed by atoms with E-state index in [1.54, 1.807) is 12.2 Å². The van der Waals surface area contributed by atoms with Crippen LogP contribution in [0.1, 0.15) is 23.2 Å². The summed E-state index contributed by atoms with van der Waals surface area (Å²) in [4.78, 5) is 34.0. The van der Waals surface area contributed by atoms with Crippen LogP contribution in [0, 0.1) is 11.8 Å². The highest BCUT2D eigenvalue weighted by Gasteiger charge is 2.29. The number of carboxylic acid groups (broad SMARTS) is 2. The zero-order valence-electron chi connectivity index (χ0n) is 11.4. The zero-order valence-corrected chi connectivity index (χ0v) is 11.4. The molecule has 7 heteroatoms. The number of benzene rings is 1. The molecule has 1 amide bonds. The van der Waals surface area contributed by atoms with E-state index in [1.807, 2.05) is 0 Å². The Balaban J connectivity index is 2.14. The van der Waals surface area contributed by atoms with Crippen LogP contribution in [0.15, 0.2) is 30.4 Å². The zero-order chi connectivity index (χ0) is 16.3. The number of anilines is 1. The van der Waals surface area contributed by atoms with E-state index in [0.29, 0.717) is 0 Å². The van der Waals surface area contributed by atoms with E-state index in [-0.39, 0.29) is 18.5 Å². The molecular weight excluding hydrogens is 290 g/mol. The highest BCUT2D eigenvalue weighted by atomic mass is 16.4. The SMILES string of the molecule is O=C(O)c1ccc(NC(=O)[C@@H]2CC=CC[C@H]2C(=O)[O-])cc1[O-]. The smallest absolute Gasteiger partial charge is 0.335 e. The van der Waals surface area contributed by atoms with Gasteiger partial charge in [0.2, 0.25) is 5.91 Å². The van der Waals surface area contributed by atoms with Gasteiger partial charge in [0.1, 0.15) is 0 Å². The summed E-state index contributed by atoms with van der Waals surface area (Å²) in [5, 5.41) is 33.8. The van der Waals surface area contributed by atoms with Crippen molar-refractivity contribution in [2.75, 3.05) is 5.32 Å². The molecule has 116 valence electrons. The first-order chi connectivity index (χ1) is 10.4. The van der Waals surface area contributed by atoms with Crippen molar-refractivity contribution < 1.29 is 29.7 Å². The van der Waals surface area contributed by atoms with Crippen molar-refractivity contribution in [3.63, 3.8) is 0 Å². The van der Waals surface area contributed by atoms with Gasteiger partial charge in [-0.05, 0) is 31.0 Å². The molecule has 0 radical (unpaired) electrons. The van der Waals surface area contributed by atoms with Gasteiger partial charge in [-0.15, -0.1) is 0 Å². The van der Waals surface area contributed by atoms with Crippen LogP contribution in [0.4, 0.5) is 5.69 Å². The van der Waals surface area contributed by atoms with E-state index in [1.165, 1.54) is 6.07 Å². The summed E-state index contributed by atoms with van der Waals surface area (Å²) in [6.45, 7) is 0. The van der Waals surface area contributed by atoms with E-state index in [0.717, 1.165) is 12.1 Å². The van der Waals surface area contributed by atoms with Gasteiger partial charge >= 0.3 is 5.97 Å². The van der Waals surface area contributed by atoms with Crippen molar-refractivity contribution in [2.45, 2.75) is 12.8 Å². The molecule has 22 heavy (non-hydrogen) atoms. The van der Waals surface area contributed by atoms with E-state index in [9.17, 15) is 24.6 Å². The fraction of sp³-hybridized carbons (Fsp3) is 0.267. The van der Waals surface area contributed by atoms with E-state index in [2.05, 4.69) is 5.32 Å². The van der Waals surface area contributed by atoms with Crippen LogP contribution >= 0.6 is 0 Å². The molecule has 0 fully saturated rings. The van der Waals surface area contributed by atoms with Crippen LogP contribution < -0.4 is 15.5 Å². The number of hydrogen-bond acceptors (Lipinski definition) is 5. The van der Waals surface area contributed by atoms with Gasteiger partial charge in [0.05, 0.1) is 11.5 Å². The lowest BCUT2D eigenvalue weighted by Crippen LogP contribution is -2.41. The minimum Gasteiger partial charge on any atom is -0.872 e. The monoisotopic (exact) mass is 303 g/mol. The van der Waals surface area contributed by atoms with Crippen molar-refractivity contribution in [2.24, 2.45) is 11.8 Å². The molecule has 0 aromatic heterocycles. The van der Waals surface area contributed by atoms with Crippen LogP contribution in [0.5, 0.6) is 5.75 Å². The van der Waals surface area contributed by atoms with E-state index >= 15 is 0 Å². The first-order valence-corrected chi connectivity index (χ1v) is 6.61. The van der Waals surface area contributed by atoms with Gasteiger partial charge in [0.25, 0.3) is 0 Å².